The van der Waals surface area contributed by atoms with Crippen LogP contribution in [-0.4, -0.2) is 47.1 Å². The Hall–Kier alpha value is -2.95. The molecule has 0 radical (unpaired) electrons. The van der Waals surface area contributed by atoms with Crippen LogP contribution in [0.1, 0.15) is 54.0 Å². The van der Waals surface area contributed by atoms with Crippen molar-refractivity contribution >= 4 is 42.1 Å². The van der Waals surface area contributed by atoms with Crippen LogP contribution in [0.15, 0.2) is 59.9 Å². The highest BCUT2D eigenvalue weighted by Crippen LogP contribution is 2.12. The molecule has 0 aliphatic rings. The first kappa shape index (κ1) is 31.1. The maximum absolute atomic E-state index is 12.5. The third-order valence-corrected chi connectivity index (χ3v) is 6.11. The van der Waals surface area contributed by atoms with Crippen molar-refractivity contribution in [1.29, 1.82) is 0 Å². The summed E-state index contributed by atoms with van der Waals surface area (Å²) in [5, 5.41) is 4.74. The van der Waals surface area contributed by atoms with E-state index < -0.39 is 11.9 Å². The Kier molecular flexibility index (Phi) is 15.8. The lowest BCUT2D eigenvalue weighted by Crippen LogP contribution is -2.44. The number of nitrogens with two attached hydrogens (primary N) is 2. The van der Waals surface area contributed by atoms with Gasteiger partial charge in [-0.1, -0.05) is 31.2 Å². The Morgan fingerprint density at radius 1 is 1.22 bits per heavy atom. The topological polar surface area (TPSA) is 131 Å². The fourth-order valence-corrected chi connectivity index (χ4v) is 3.81. The van der Waals surface area contributed by atoms with Gasteiger partial charge in [0, 0.05) is 29.2 Å². The number of thiol groups is 1. The Morgan fingerprint density at radius 2 is 1.92 bits per heavy atom. The maximum Gasteiger partial charge on any atom is 0.240 e. The second-order valence-electron chi connectivity index (χ2n) is 7.96. The number of unbranched alkanes of at least 4 members (excludes halogenated alkanes) is 1. The minimum absolute atomic E-state index is 0.198. The molecule has 2 rings (SSSR count). The van der Waals surface area contributed by atoms with Gasteiger partial charge in [0.05, 0.1) is 6.04 Å². The van der Waals surface area contributed by atoms with E-state index >= 15 is 0 Å². The number of hydrogen-bond donors (Lipinski definition) is 4. The molecule has 196 valence electrons. The molecule has 10 heteroatoms. The molecular formula is C26H37N5O3S2. The highest BCUT2D eigenvalue weighted by Gasteiger charge is 2.24. The number of allylic oxidation sites excluding steroid dienone is 3. The lowest BCUT2D eigenvalue weighted by molar-refractivity contribution is -0.126. The second-order valence-corrected chi connectivity index (χ2v) is 9.17. The van der Waals surface area contributed by atoms with Crippen molar-refractivity contribution in [2.45, 2.75) is 51.3 Å². The van der Waals surface area contributed by atoms with Gasteiger partial charge < -0.3 is 21.7 Å². The first-order valence-electron chi connectivity index (χ1n) is 11.8. The van der Waals surface area contributed by atoms with Gasteiger partial charge >= 0.3 is 0 Å². The number of aromatic nitrogens is 1. The SMILES string of the molecule is C/C(N)=C\C=C/N(C=O)CC(=O)N[C@@H](CCCCN)C(=O)c1nccs1.CCc1ccc(CS)cc1. The molecule has 2 amide bonds. The molecule has 36 heavy (non-hydrogen) atoms. The summed E-state index contributed by atoms with van der Waals surface area (Å²) in [5.41, 5.74) is 14.2. The smallest absolute Gasteiger partial charge is 0.240 e. The van der Waals surface area contributed by atoms with Crippen molar-refractivity contribution in [2.24, 2.45) is 11.5 Å². The van der Waals surface area contributed by atoms with E-state index in [4.69, 9.17) is 11.5 Å². The van der Waals surface area contributed by atoms with Crippen molar-refractivity contribution in [1.82, 2.24) is 15.2 Å². The van der Waals surface area contributed by atoms with Crippen molar-refractivity contribution in [3.63, 3.8) is 0 Å². The van der Waals surface area contributed by atoms with Crippen LogP contribution in [0.2, 0.25) is 0 Å². The first-order chi connectivity index (χ1) is 17.3. The fourth-order valence-electron chi connectivity index (χ4n) is 2.97. The van der Waals surface area contributed by atoms with Gasteiger partial charge in [-0.2, -0.15) is 12.6 Å². The van der Waals surface area contributed by atoms with Crippen LogP contribution in [0.4, 0.5) is 0 Å². The number of rotatable bonds is 14. The highest BCUT2D eigenvalue weighted by atomic mass is 32.1. The molecule has 0 aliphatic heterocycles. The Balaban J connectivity index is 0.000000537. The minimum Gasteiger partial charge on any atom is -0.402 e. The lowest BCUT2D eigenvalue weighted by atomic mass is 10.1. The van der Waals surface area contributed by atoms with E-state index in [0.717, 1.165) is 18.6 Å². The molecule has 0 bridgehead atoms. The molecule has 1 aromatic heterocycles. The van der Waals surface area contributed by atoms with Gasteiger partial charge in [0.2, 0.25) is 18.1 Å². The molecule has 0 saturated heterocycles. The summed E-state index contributed by atoms with van der Waals surface area (Å²) in [5.74, 6) is 0.169. The summed E-state index contributed by atoms with van der Waals surface area (Å²) in [4.78, 5) is 41.0. The predicted octanol–water partition coefficient (Wildman–Crippen LogP) is 3.45. The second kappa shape index (κ2) is 18.3. The summed E-state index contributed by atoms with van der Waals surface area (Å²) in [6, 6.07) is 7.89. The molecule has 0 aliphatic carbocycles. The fraction of sp³-hybridized carbons (Fsp3) is 0.385. The zero-order chi connectivity index (χ0) is 26.8. The van der Waals surface area contributed by atoms with Gasteiger partial charge in [-0.05, 0) is 62.4 Å². The van der Waals surface area contributed by atoms with E-state index in [1.54, 1.807) is 30.7 Å². The molecule has 0 fully saturated rings. The summed E-state index contributed by atoms with van der Waals surface area (Å²) < 4.78 is 0. The van der Waals surface area contributed by atoms with Gasteiger partial charge in [0.25, 0.3) is 0 Å². The van der Waals surface area contributed by atoms with Gasteiger partial charge in [0.1, 0.15) is 6.54 Å². The molecule has 8 nitrogen and oxygen atoms in total. The van der Waals surface area contributed by atoms with Crippen LogP contribution < -0.4 is 16.8 Å². The zero-order valence-corrected chi connectivity index (χ0v) is 22.6. The Morgan fingerprint density at radius 3 is 2.44 bits per heavy atom. The van der Waals surface area contributed by atoms with Crippen LogP contribution in [0.5, 0.6) is 0 Å². The third kappa shape index (κ3) is 12.7. The van der Waals surface area contributed by atoms with Gasteiger partial charge in [-0.3, -0.25) is 14.4 Å². The lowest BCUT2D eigenvalue weighted by Gasteiger charge is -2.18. The summed E-state index contributed by atoms with van der Waals surface area (Å²) in [6.07, 6.45) is 9.73. The van der Waals surface area contributed by atoms with Crippen molar-refractivity contribution in [2.75, 3.05) is 13.1 Å². The first-order valence-corrected chi connectivity index (χ1v) is 13.3. The van der Waals surface area contributed by atoms with Crippen LogP contribution in [0.25, 0.3) is 0 Å². The number of carbonyl (C=O) groups excluding carboxylic acids is 3. The summed E-state index contributed by atoms with van der Waals surface area (Å²) in [6.45, 7) is 4.19. The number of benzene rings is 1. The molecule has 0 spiro atoms. The van der Waals surface area contributed by atoms with E-state index in [-0.39, 0.29) is 12.3 Å². The Labute approximate surface area is 223 Å². The summed E-state index contributed by atoms with van der Waals surface area (Å²) >= 11 is 5.40. The highest BCUT2D eigenvalue weighted by molar-refractivity contribution is 7.79. The number of nitrogens with one attached hydrogen (secondary N) is 1. The van der Waals surface area contributed by atoms with Gasteiger partial charge in [-0.25, -0.2) is 4.98 Å². The van der Waals surface area contributed by atoms with E-state index in [2.05, 4.69) is 54.1 Å². The molecule has 5 N–H and O–H groups in total. The monoisotopic (exact) mass is 531 g/mol. The molecule has 1 atom stereocenters. The number of Topliss-reactive ketones (excluding diaryl/α,β-unsaturated/α-hetero) is 1. The zero-order valence-electron chi connectivity index (χ0n) is 20.9. The quantitative estimate of drug-likeness (QED) is 0.0971. The number of carbonyl (C=O) groups is 3. The van der Waals surface area contributed by atoms with Crippen LogP contribution >= 0.6 is 24.0 Å². The largest absolute Gasteiger partial charge is 0.402 e. The van der Waals surface area contributed by atoms with Crippen molar-refractivity contribution < 1.29 is 14.4 Å². The standard InChI is InChI=1S/C17H25N5O3S.C9H12S/c1-13(19)5-4-9-22(12-23)11-15(24)21-14(6-2-3-7-18)16(25)17-20-8-10-26-17;1-2-8-3-5-9(7-10)6-4-8/h4-5,8-10,12,14H,2-3,6-7,11,18-19H2,1H3,(H,21,24);3-6,10H,2,7H2,1H3/b9-4-,13-5+;/t14-;/m0./s1. The molecule has 2 aromatic rings. The maximum atomic E-state index is 12.5. The van der Waals surface area contributed by atoms with E-state index in [1.807, 2.05) is 0 Å². The molecule has 1 aromatic carbocycles. The molecule has 1 heterocycles. The molecular weight excluding hydrogens is 494 g/mol. The van der Waals surface area contributed by atoms with Crippen molar-refractivity contribution in [3.8, 4) is 0 Å². The number of hydrogen-bond acceptors (Lipinski definition) is 8. The number of ketones is 1. The van der Waals surface area contributed by atoms with E-state index in [1.165, 1.54) is 33.6 Å². The van der Waals surface area contributed by atoms with E-state index in [9.17, 15) is 14.4 Å². The van der Waals surface area contributed by atoms with Crippen molar-refractivity contribution in [3.05, 3.63) is 76.0 Å². The number of thiazole rings is 1. The van der Waals surface area contributed by atoms with Crippen LogP contribution in [0.3, 0.4) is 0 Å². The number of aryl methyl sites for hydroxylation is 1. The normalized spacial score (nSPS) is 11.9. The average Bonchev–Trinajstić information content (AvgIpc) is 3.42. The minimum atomic E-state index is -0.691. The van der Waals surface area contributed by atoms with Crippen LogP contribution in [0, 0.1) is 0 Å². The molecule has 0 unspecified atom stereocenters. The van der Waals surface area contributed by atoms with Gasteiger partial charge in [-0.15, -0.1) is 11.3 Å². The third-order valence-electron chi connectivity index (χ3n) is 4.95. The number of nitrogens with zero attached hydrogens (tertiary/aromatic N) is 2. The average molecular weight is 532 g/mol. The number of amides is 2. The molecule has 0 saturated carbocycles. The van der Waals surface area contributed by atoms with Crippen LogP contribution in [-0.2, 0) is 21.8 Å². The van der Waals surface area contributed by atoms with Gasteiger partial charge in [0.15, 0.2) is 5.01 Å². The summed E-state index contributed by atoms with van der Waals surface area (Å²) in [7, 11) is 0. The Bertz CT molecular complexity index is 949. The van der Waals surface area contributed by atoms with E-state index in [0.29, 0.717) is 36.5 Å². The predicted molar refractivity (Wildman–Crippen MR) is 150 cm³/mol.